The molecular weight excluding hydrogens is 326 g/mol. The number of rotatable bonds is 3. The van der Waals surface area contributed by atoms with Gasteiger partial charge in [-0.05, 0) is 53.1 Å². The summed E-state index contributed by atoms with van der Waals surface area (Å²) < 4.78 is 1.08. The summed E-state index contributed by atoms with van der Waals surface area (Å²) >= 11 is 3.50. The topological polar surface area (TPSA) is 50.9 Å². The van der Waals surface area contributed by atoms with Crippen LogP contribution >= 0.6 is 15.9 Å². The number of aryl methyl sites for hydroxylation is 1. The molecule has 0 aliphatic carbocycles. The van der Waals surface area contributed by atoms with E-state index in [0.29, 0.717) is 0 Å². The number of pyridine rings is 1. The normalized spacial score (nSPS) is 12.5. The lowest BCUT2D eigenvalue weighted by molar-refractivity contribution is 0.635. The summed E-state index contributed by atoms with van der Waals surface area (Å²) in [6, 6.07) is 16.6. The largest absolute Gasteiger partial charge is 0.271 e. The molecule has 3 rings (SSSR count). The van der Waals surface area contributed by atoms with Crippen molar-refractivity contribution in [2.24, 2.45) is 5.84 Å². The molecule has 2 aromatic carbocycles. The minimum absolute atomic E-state index is 0.0638. The molecule has 106 valence electrons. The van der Waals surface area contributed by atoms with Crippen LogP contribution in [0.1, 0.15) is 22.9 Å². The van der Waals surface area contributed by atoms with Gasteiger partial charge in [-0.1, -0.05) is 40.2 Å². The average Bonchev–Trinajstić information content (AvgIpc) is 2.50. The van der Waals surface area contributed by atoms with E-state index in [4.69, 9.17) is 5.84 Å². The van der Waals surface area contributed by atoms with E-state index in [-0.39, 0.29) is 6.04 Å². The van der Waals surface area contributed by atoms with Crippen LogP contribution < -0.4 is 11.3 Å². The number of hydrogen-bond donors (Lipinski definition) is 2. The molecule has 4 heteroatoms. The van der Waals surface area contributed by atoms with Crippen molar-refractivity contribution in [3.8, 4) is 0 Å². The average molecular weight is 342 g/mol. The van der Waals surface area contributed by atoms with E-state index in [9.17, 15) is 0 Å². The molecule has 1 unspecified atom stereocenters. The van der Waals surface area contributed by atoms with Crippen molar-refractivity contribution < 1.29 is 0 Å². The Morgan fingerprint density at radius 3 is 2.43 bits per heavy atom. The standard InChI is InChI=1S/C17H16BrN3/c1-11-2-3-15(10-20-11)17(21-19)14-5-4-13-9-16(18)7-6-12(13)8-14/h2-10,17,21H,19H2,1H3. The number of hydrogen-bond acceptors (Lipinski definition) is 3. The predicted octanol–water partition coefficient (Wildman–Crippen LogP) is 3.86. The highest BCUT2D eigenvalue weighted by Crippen LogP contribution is 2.26. The number of hydrazine groups is 1. The summed E-state index contributed by atoms with van der Waals surface area (Å²) in [5.74, 6) is 5.76. The van der Waals surface area contributed by atoms with Gasteiger partial charge < -0.3 is 0 Å². The highest BCUT2D eigenvalue weighted by atomic mass is 79.9. The maximum atomic E-state index is 5.76. The Balaban J connectivity index is 2.04. The maximum Gasteiger partial charge on any atom is 0.0725 e. The molecule has 0 aliphatic heterocycles. The van der Waals surface area contributed by atoms with Crippen LogP contribution in [-0.4, -0.2) is 4.98 Å². The second-order valence-electron chi connectivity index (χ2n) is 5.08. The number of nitrogens with zero attached hydrogens (tertiary/aromatic N) is 1. The minimum Gasteiger partial charge on any atom is -0.271 e. The quantitative estimate of drug-likeness (QED) is 0.561. The fraction of sp³-hybridized carbons (Fsp3) is 0.118. The highest BCUT2D eigenvalue weighted by molar-refractivity contribution is 9.10. The van der Waals surface area contributed by atoms with Crippen molar-refractivity contribution in [1.82, 2.24) is 10.4 Å². The van der Waals surface area contributed by atoms with Crippen molar-refractivity contribution in [2.45, 2.75) is 13.0 Å². The van der Waals surface area contributed by atoms with Crippen LogP contribution in [-0.2, 0) is 0 Å². The monoisotopic (exact) mass is 341 g/mol. The Bertz CT molecular complexity index is 769. The molecule has 1 atom stereocenters. The second kappa shape index (κ2) is 5.93. The number of halogens is 1. The third-order valence-electron chi connectivity index (χ3n) is 3.59. The van der Waals surface area contributed by atoms with Crippen LogP contribution in [0.15, 0.2) is 59.2 Å². The first-order chi connectivity index (χ1) is 10.2. The second-order valence-corrected chi connectivity index (χ2v) is 6.00. The fourth-order valence-corrected chi connectivity index (χ4v) is 2.83. The smallest absolute Gasteiger partial charge is 0.0725 e. The van der Waals surface area contributed by atoms with E-state index in [0.717, 1.165) is 21.3 Å². The van der Waals surface area contributed by atoms with Crippen LogP contribution in [0.25, 0.3) is 10.8 Å². The number of nitrogens with two attached hydrogens (primary N) is 1. The number of benzene rings is 2. The van der Waals surface area contributed by atoms with Crippen molar-refractivity contribution in [3.05, 3.63) is 76.0 Å². The van der Waals surface area contributed by atoms with Crippen molar-refractivity contribution in [3.63, 3.8) is 0 Å². The van der Waals surface area contributed by atoms with Gasteiger partial charge in [0.05, 0.1) is 6.04 Å². The lowest BCUT2D eigenvalue weighted by Gasteiger charge is -2.17. The van der Waals surface area contributed by atoms with Gasteiger partial charge in [-0.3, -0.25) is 10.8 Å². The zero-order valence-electron chi connectivity index (χ0n) is 11.7. The Labute approximate surface area is 132 Å². The third kappa shape index (κ3) is 2.97. The van der Waals surface area contributed by atoms with E-state index in [1.54, 1.807) is 0 Å². The van der Waals surface area contributed by atoms with Crippen LogP contribution in [0.4, 0.5) is 0 Å². The van der Waals surface area contributed by atoms with Gasteiger partial charge in [-0.2, -0.15) is 0 Å². The molecule has 21 heavy (non-hydrogen) atoms. The van der Waals surface area contributed by atoms with E-state index < -0.39 is 0 Å². The first-order valence-electron chi connectivity index (χ1n) is 6.75. The van der Waals surface area contributed by atoms with Crippen molar-refractivity contribution in [2.75, 3.05) is 0 Å². The maximum absolute atomic E-state index is 5.76. The molecule has 3 aromatic rings. The van der Waals surface area contributed by atoms with E-state index >= 15 is 0 Å². The van der Waals surface area contributed by atoms with Gasteiger partial charge in [0.15, 0.2) is 0 Å². The molecule has 1 heterocycles. The van der Waals surface area contributed by atoms with Gasteiger partial charge >= 0.3 is 0 Å². The Morgan fingerprint density at radius 2 is 1.71 bits per heavy atom. The summed E-state index contributed by atoms with van der Waals surface area (Å²) in [5, 5.41) is 2.39. The first-order valence-corrected chi connectivity index (χ1v) is 7.54. The fourth-order valence-electron chi connectivity index (χ4n) is 2.45. The molecule has 3 nitrogen and oxygen atoms in total. The molecule has 0 bridgehead atoms. The Morgan fingerprint density at radius 1 is 1.00 bits per heavy atom. The molecule has 0 amide bonds. The lowest BCUT2D eigenvalue weighted by Crippen LogP contribution is -2.28. The van der Waals surface area contributed by atoms with Crippen molar-refractivity contribution >= 4 is 26.7 Å². The van der Waals surface area contributed by atoms with Gasteiger partial charge in [0.2, 0.25) is 0 Å². The van der Waals surface area contributed by atoms with Crippen LogP contribution in [0.5, 0.6) is 0 Å². The molecule has 0 aliphatic rings. The van der Waals surface area contributed by atoms with E-state index in [1.807, 2.05) is 25.3 Å². The minimum atomic E-state index is -0.0638. The highest BCUT2D eigenvalue weighted by Gasteiger charge is 2.13. The molecule has 0 spiro atoms. The predicted molar refractivity (Wildman–Crippen MR) is 89.8 cm³/mol. The summed E-state index contributed by atoms with van der Waals surface area (Å²) in [7, 11) is 0. The van der Waals surface area contributed by atoms with Gasteiger partial charge in [0, 0.05) is 16.4 Å². The number of aromatic nitrogens is 1. The van der Waals surface area contributed by atoms with Crippen LogP contribution in [0.3, 0.4) is 0 Å². The van der Waals surface area contributed by atoms with Crippen molar-refractivity contribution in [1.29, 1.82) is 0 Å². The summed E-state index contributed by atoms with van der Waals surface area (Å²) in [6.45, 7) is 1.97. The van der Waals surface area contributed by atoms with Crippen LogP contribution in [0, 0.1) is 6.92 Å². The van der Waals surface area contributed by atoms with Gasteiger partial charge in [0.25, 0.3) is 0 Å². The van der Waals surface area contributed by atoms with Gasteiger partial charge in [0.1, 0.15) is 0 Å². The molecule has 0 saturated heterocycles. The summed E-state index contributed by atoms with van der Waals surface area (Å²) in [5.41, 5.74) is 6.06. The SMILES string of the molecule is Cc1ccc(C(NN)c2ccc3cc(Br)ccc3c2)cn1. The Hall–Kier alpha value is -1.75. The van der Waals surface area contributed by atoms with E-state index in [1.165, 1.54) is 10.8 Å². The zero-order chi connectivity index (χ0) is 14.8. The number of nitrogens with one attached hydrogen (secondary N) is 1. The summed E-state index contributed by atoms with van der Waals surface area (Å²) in [6.07, 6.45) is 1.87. The van der Waals surface area contributed by atoms with Gasteiger partial charge in [-0.25, -0.2) is 5.43 Å². The number of fused-ring (bicyclic) bond motifs is 1. The summed E-state index contributed by atoms with van der Waals surface area (Å²) in [4.78, 5) is 4.35. The lowest BCUT2D eigenvalue weighted by atomic mass is 9.97. The molecule has 1 aromatic heterocycles. The molecule has 0 saturated carbocycles. The zero-order valence-corrected chi connectivity index (χ0v) is 13.3. The molecular formula is C17H16BrN3. The molecule has 3 N–H and O–H groups in total. The van der Waals surface area contributed by atoms with Gasteiger partial charge in [-0.15, -0.1) is 0 Å². The molecule has 0 radical (unpaired) electrons. The molecule has 0 fully saturated rings. The van der Waals surface area contributed by atoms with Crippen LogP contribution in [0.2, 0.25) is 0 Å². The first kappa shape index (κ1) is 14.2. The third-order valence-corrected chi connectivity index (χ3v) is 4.09. The Kier molecular flexibility index (Phi) is 4.01. The van der Waals surface area contributed by atoms with E-state index in [2.05, 4.69) is 62.7 Å².